The van der Waals surface area contributed by atoms with Gasteiger partial charge in [0.25, 0.3) is 5.91 Å². The van der Waals surface area contributed by atoms with Crippen LogP contribution in [0.2, 0.25) is 0 Å². The summed E-state index contributed by atoms with van der Waals surface area (Å²) in [5.41, 5.74) is 1.91. The summed E-state index contributed by atoms with van der Waals surface area (Å²) in [4.78, 5) is 22.4. The van der Waals surface area contributed by atoms with Crippen molar-refractivity contribution < 1.29 is 4.79 Å². The molecule has 94 valence electrons. The molecule has 0 saturated carbocycles. The molecule has 2 aromatic heterocycles. The van der Waals surface area contributed by atoms with Crippen molar-refractivity contribution in [3.63, 3.8) is 0 Å². The third-order valence-corrected chi connectivity index (χ3v) is 2.64. The number of amides is 1. The predicted molar refractivity (Wildman–Crippen MR) is 69.4 cm³/mol. The van der Waals surface area contributed by atoms with Gasteiger partial charge in [0.1, 0.15) is 0 Å². The maximum Gasteiger partial charge on any atom is 0.276 e. The van der Waals surface area contributed by atoms with Gasteiger partial charge in [-0.1, -0.05) is 12.2 Å². The monoisotopic (exact) mass is 244 g/mol. The predicted octanol–water partition coefficient (Wildman–Crippen LogP) is 1.77. The summed E-state index contributed by atoms with van der Waals surface area (Å²) in [6, 6.07) is 0. The second kappa shape index (κ2) is 5.00. The van der Waals surface area contributed by atoms with Crippen molar-refractivity contribution in [2.45, 2.75) is 13.8 Å². The average molecular weight is 244 g/mol. The van der Waals surface area contributed by atoms with Crippen molar-refractivity contribution in [2.75, 3.05) is 13.1 Å². The lowest BCUT2D eigenvalue weighted by Crippen LogP contribution is -2.33. The highest BCUT2D eigenvalue weighted by Crippen LogP contribution is 2.09. The van der Waals surface area contributed by atoms with E-state index >= 15 is 0 Å². The fourth-order valence-corrected chi connectivity index (χ4v) is 1.81. The molecule has 0 aliphatic carbocycles. The van der Waals surface area contributed by atoms with E-state index in [0.29, 0.717) is 24.4 Å². The number of nitrogens with zero attached hydrogens (tertiary/aromatic N) is 4. The molecule has 0 radical (unpaired) electrons. The minimum absolute atomic E-state index is 0.114. The average Bonchev–Trinajstić information content (AvgIpc) is 2.82. The molecule has 2 rings (SSSR count). The summed E-state index contributed by atoms with van der Waals surface area (Å²) >= 11 is 0. The van der Waals surface area contributed by atoms with Crippen molar-refractivity contribution in [1.29, 1.82) is 0 Å². The van der Waals surface area contributed by atoms with Crippen LogP contribution in [0.3, 0.4) is 0 Å². The number of aromatic nitrogens is 3. The van der Waals surface area contributed by atoms with Gasteiger partial charge in [-0.15, -0.1) is 0 Å². The summed E-state index contributed by atoms with van der Waals surface area (Å²) in [5, 5.41) is 0. The third kappa shape index (κ3) is 2.25. The van der Waals surface area contributed by atoms with Gasteiger partial charge in [-0.3, -0.25) is 4.79 Å². The van der Waals surface area contributed by atoms with Crippen LogP contribution in [0.5, 0.6) is 0 Å². The van der Waals surface area contributed by atoms with Gasteiger partial charge < -0.3 is 9.30 Å². The summed E-state index contributed by atoms with van der Waals surface area (Å²) < 4.78 is 1.79. The van der Waals surface area contributed by atoms with E-state index in [1.54, 1.807) is 34.1 Å². The molecule has 0 unspecified atom stereocenters. The van der Waals surface area contributed by atoms with Gasteiger partial charge in [-0.25, -0.2) is 9.97 Å². The van der Waals surface area contributed by atoms with Crippen LogP contribution in [0, 0.1) is 0 Å². The molecule has 2 aromatic rings. The van der Waals surface area contributed by atoms with Crippen LogP contribution in [0.4, 0.5) is 0 Å². The standard InChI is InChI=1S/C13H16N4O/c1-4-16(9-10(2)3)13(18)11-12-15-6-8-17(12)7-5-14-11/h5-8H,2,4,9H2,1,3H3. The highest BCUT2D eigenvalue weighted by atomic mass is 16.2. The summed E-state index contributed by atoms with van der Waals surface area (Å²) in [5.74, 6) is -0.114. The molecule has 0 spiro atoms. The van der Waals surface area contributed by atoms with Crippen LogP contribution < -0.4 is 0 Å². The van der Waals surface area contributed by atoms with Crippen LogP contribution in [0.15, 0.2) is 36.9 Å². The second-order valence-corrected chi connectivity index (χ2v) is 4.21. The lowest BCUT2D eigenvalue weighted by atomic mass is 10.3. The molecular formula is C13H16N4O. The molecule has 5 nitrogen and oxygen atoms in total. The first-order valence-electron chi connectivity index (χ1n) is 5.84. The van der Waals surface area contributed by atoms with Crippen molar-refractivity contribution >= 4 is 11.6 Å². The van der Waals surface area contributed by atoms with Crippen molar-refractivity contribution in [1.82, 2.24) is 19.3 Å². The molecule has 0 bridgehead atoms. The minimum atomic E-state index is -0.114. The largest absolute Gasteiger partial charge is 0.333 e. The molecule has 0 aromatic carbocycles. The van der Waals surface area contributed by atoms with E-state index in [2.05, 4.69) is 16.5 Å². The lowest BCUT2D eigenvalue weighted by molar-refractivity contribution is 0.0774. The quantitative estimate of drug-likeness (QED) is 0.770. The van der Waals surface area contributed by atoms with Crippen molar-refractivity contribution in [3.8, 4) is 0 Å². The molecular weight excluding hydrogens is 228 g/mol. The molecule has 2 heterocycles. The van der Waals surface area contributed by atoms with E-state index in [4.69, 9.17) is 0 Å². The highest BCUT2D eigenvalue weighted by molar-refractivity contribution is 5.97. The Morgan fingerprint density at radius 1 is 1.39 bits per heavy atom. The first kappa shape index (κ1) is 12.3. The van der Waals surface area contributed by atoms with Gasteiger partial charge >= 0.3 is 0 Å². The Kier molecular flexibility index (Phi) is 3.41. The number of rotatable bonds is 4. The van der Waals surface area contributed by atoms with Gasteiger partial charge in [-0.05, 0) is 13.8 Å². The molecule has 0 aliphatic rings. The van der Waals surface area contributed by atoms with E-state index in [1.807, 2.05) is 13.8 Å². The van der Waals surface area contributed by atoms with Gasteiger partial charge in [0.2, 0.25) is 0 Å². The number of likely N-dealkylation sites (N-methyl/N-ethyl adjacent to an activating group) is 1. The molecule has 5 heteroatoms. The highest BCUT2D eigenvalue weighted by Gasteiger charge is 2.19. The normalized spacial score (nSPS) is 10.6. The van der Waals surface area contributed by atoms with Crippen LogP contribution >= 0.6 is 0 Å². The number of hydrogen-bond donors (Lipinski definition) is 0. The first-order chi connectivity index (χ1) is 8.63. The van der Waals surface area contributed by atoms with Gasteiger partial charge in [0.05, 0.1) is 0 Å². The van der Waals surface area contributed by atoms with Crippen molar-refractivity contribution in [2.24, 2.45) is 0 Å². The number of imidazole rings is 1. The SMILES string of the molecule is C=C(C)CN(CC)C(=O)c1nccn2ccnc12. The Balaban J connectivity index is 2.37. The zero-order valence-electron chi connectivity index (χ0n) is 10.6. The van der Waals surface area contributed by atoms with Crippen LogP contribution in [-0.4, -0.2) is 38.3 Å². The molecule has 0 N–H and O–H groups in total. The summed E-state index contributed by atoms with van der Waals surface area (Å²) in [7, 11) is 0. The third-order valence-electron chi connectivity index (χ3n) is 2.64. The Morgan fingerprint density at radius 2 is 2.06 bits per heavy atom. The Labute approximate surface area is 106 Å². The number of carbonyl (C=O) groups is 1. The Morgan fingerprint density at radius 3 is 2.67 bits per heavy atom. The van der Waals surface area contributed by atoms with Crippen LogP contribution in [-0.2, 0) is 0 Å². The molecule has 0 atom stereocenters. The lowest BCUT2D eigenvalue weighted by Gasteiger charge is -2.20. The molecule has 0 saturated heterocycles. The maximum atomic E-state index is 12.4. The molecule has 0 aliphatic heterocycles. The van der Waals surface area contributed by atoms with E-state index in [-0.39, 0.29) is 5.91 Å². The smallest absolute Gasteiger partial charge is 0.276 e. The Bertz CT molecular complexity index is 587. The molecule has 0 fully saturated rings. The fraction of sp³-hybridized carbons (Fsp3) is 0.308. The van der Waals surface area contributed by atoms with Gasteiger partial charge in [0, 0.05) is 37.9 Å². The minimum Gasteiger partial charge on any atom is -0.333 e. The van der Waals surface area contributed by atoms with Crippen molar-refractivity contribution in [3.05, 3.63) is 42.6 Å². The number of carbonyl (C=O) groups excluding carboxylic acids is 1. The molecule has 18 heavy (non-hydrogen) atoms. The molecule has 1 amide bonds. The Hall–Kier alpha value is -2.17. The van der Waals surface area contributed by atoms with Gasteiger partial charge in [0.15, 0.2) is 11.3 Å². The van der Waals surface area contributed by atoms with E-state index < -0.39 is 0 Å². The van der Waals surface area contributed by atoms with E-state index in [1.165, 1.54) is 0 Å². The topological polar surface area (TPSA) is 50.5 Å². The summed E-state index contributed by atoms with van der Waals surface area (Å²) in [6.07, 6.45) is 6.83. The zero-order chi connectivity index (χ0) is 13.1. The maximum absolute atomic E-state index is 12.4. The van der Waals surface area contributed by atoms with Crippen LogP contribution in [0.1, 0.15) is 24.3 Å². The zero-order valence-corrected chi connectivity index (χ0v) is 10.6. The van der Waals surface area contributed by atoms with E-state index in [9.17, 15) is 4.79 Å². The van der Waals surface area contributed by atoms with Crippen LogP contribution in [0.25, 0.3) is 5.65 Å². The number of hydrogen-bond acceptors (Lipinski definition) is 3. The van der Waals surface area contributed by atoms with E-state index in [0.717, 1.165) is 5.57 Å². The number of fused-ring (bicyclic) bond motifs is 1. The first-order valence-corrected chi connectivity index (χ1v) is 5.84. The fourth-order valence-electron chi connectivity index (χ4n) is 1.81. The van der Waals surface area contributed by atoms with Gasteiger partial charge in [-0.2, -0.15) is 0 Å². The summed E-state index contributed by atoms with van der Waals surface area (Å²) in [6.45, 7) is 8.84. The second-order valence-electron chi connectivity index (χ2n) is 4.21.